The molecular weight excluding hydrogens is 342 g/mol. The Labute approximate surface area is 151 Å². The SMILES string of the molecule is CN(C)C(=O)c1cnc(N2CCC(Oc3cnccn3)CC2)c(Cl)c1. The van der Waals surface area contributed by atoms with Crippen LogP contribution in [0.25, 0.3) is 0 Å². The Morgan fingerprint density at radius 3 is 2.60 bits per heavy atom. The van der Waals surface area contributed by atoms with Gasteiger partial charge in [-0.25, -0.2) is 9.97 Å². The van der Waals surface area contributed by atoms with Crippen LogP contribution in [0.4, 0.5) is 5.82 Å². The second-order valence-electron chi connectivity index (χ2n) is 6.08. The number of nitrogens with zero attached hydrogens (tertiary/aromatic N) is 5. The van der Waals surface area contributed by atoms with Crippen molar-refractivity contribution in [3.63, 3.8) is 0 Å². The van der Waals surface area contributed by atoms with Gasteiger partial charge >= 0.3 is 0 Å². The number of rotatable bonds is 4. The summed E-state index contributed by atoms with van der Waals surface area (Å²) in [5, 5.41) is 0.487. The summed E-state index contributed by atoms with van der Waals surface area (Å²) in [7, 11) is 3.40. The van der Waals surface area contributed by atoms with Gasteiger partial charge in [0, 0.05) is 58.6 Å². The average molecular weight is 362 g/mol. The fourth-order valence-corrected chi connectivity index (χ4v) is 3.03. The van der Waals surface area contributed by atoms with Crippen LogP contribution in [0, 0.1) is 0 Å². The first kappa shape index (κ1) is 17.4. The van der Waals surface area contributed by atoms with Gasteiger partial charge in [0.05, 0.1) is 16.8 Å². The Morgan fingerprint density at radius 1 is 1.24 bits per heavy atom. The fraction of sp³-hybridized carbons (Fsp3) is 0.412. The van der Waals surface area contributed by atoms with E-state index in [2.05, 4.69) is 19.9 Å². The summed E-state index contributed by atoms with van der Waals surface area (Å²) >= 11 is 6.35. The zero-order chi connectivity index (χ0) is 17.8. The van der Waals surface area contributed by atoms with Crippen LogP contribution in [0.1, 0.15) is 23.2 Å². The van der Waals surface area contributed by atoms with Crippen molar-refractivity contribution >= 4 is 23.3 Å². The minimum absolute atomic E-state index is 0.0984. The number of aromatic nitrogens is 3. The summed E-state index contributed by atoms with van der Waals surface area (Å²) in [5.41, 5.74) is 0.486. The van der Waals surface area contributed by atoms with Crippen LogP contribution in [-0.4, -0.2) is 59.0 Å². The van der Waals surface area contributed by atoms with Crippen molar-refractivity contribution in [2.45, 2.75) is 18.9 Å². The lowest BCUT2D eigenvalue weighted by atomic mass is 10.1. The van der Waals surface area contributed by atoms with Crippen LogP contribution in [0.2, 0.25) is 5.02 Å². The molecule has 0 unspecified atom stereocenters. The van der Waals surface area contributed by atoms with Gasteiger partial charge in [0.2, 0.25) is 5.88 Å². The lowest BCUT2D eigenvalue weighted by Gasteiger charge is -2.33. The maximum atomic E-state index is 12.0. The third kappa shape index (κ3) is 4.17. The Hall–Kier alpha value is -2.41. The van der Waals surface area contributed by atoms with E-state index in [0.717, 1.165) is 25.9 Å². The molecular formula is C17H20ClN5O2. The van der Waals surface area contributed by atoms with E-state index >= 15 is 0 Å². The first-order valence-electron chi connectivity index (χ1n) is 8.09. The largest absolute Gasteiger partial charge is 0.473 e. The molecule has 0 saturated carbocycles. The fourth-order valence-electron chi connectivity index (χ4n) is 2.74. The molecule has 0 N–H and O–H groups in total. The molecule has 3 heterocycles. The average Bonchev–Trinajstić information content (AvgIpc) is 2.62. The quantitative estimate of drug-likeness (QED) is 0.832. The molecule has 0 atom stereocenters. The summed E-state index contributed by atoms with van der Waals surface area (Å²) in [6.45, 7) is 1.55. The van der Waals surface area contributed by atoms with Crippen molar-refractivity contribution in [2.24, 2.45) is 0 Å². The van der Waals surface area contributed by atoms with Gasteiger partial charge in [0.1, 0.15) is 11.9 Å². The second-order valence-corrected chi connectivity index (χ2v) is 6.48. The lowest BCUT2D eigenvalue weighted by Crippen LogP contribution is -2.39. The van der Waals surface area contributed by atoms with Gasteiger partial charge in [-0.15, -0.1) is 0 Å². The van der Waals surface area contributed by atoms with Crippen molar-refractivity contribution in [1.82, 2.24) is 19.9 Å². The smallest absolute Gasteiger partial charge is 0.254 e. The molecule has 1 aliphatic rings. The standard InChI is InChI=1S/C17H20ClN5O2/c1-22(2)17(24)12-9-14(18)16(21-10-12)23-7-3-13(4-8-23)25-15-11-19-5-6-20-15/h5-6,9-11,13H,3-4,7-8H2,1-2H3. The van der Waals surface area contributed by atoms with Crippen molar-refractivity contribution in [1.29, 1.82) is 0 Å². The highest BCUT2D eigenvalue weighted by atomic mass is 35.5. The number of hydrogen-bond donors (Lipinski definition) is 0. The predicted octanol–water partition coefficient (Wildman–Crippen LogP) is 2.27. The predicted molar refractivity (Wildman–Crippen MR) is 95.2 cm³/mol. The van der Waals surface area contributed by atoms with Crippen molar-refractivity contribution in [3.05, 3.63) is 41.4 Å². The van der Waals surface area contributed by atoms with Gasteiger partial charge in [-0.05, 0) is 6.07 Å². The molecule has 3 rings (SSSR count). The Morgan fingerprint density at radius 2 is 2.00 bits per heavy atom. The van der Waals surface area contributed by atoms with Gasteiger partial charge in [-0.2, -0.15) is 0 Å². The number of carbonyl (C=O) groups is 1. The Balaban J connectivity index is 1.62. The number of piperidine rings is 1. The zero-order valence-electron chi connectivity index (χ0n) is 14.2. The minimum Gasteiger partial charge on any atom is -0.473 e. The molecule has 7 nitrogen and oxygen atoms in total. The molecule has 8 heteroatoms. The summed E-state index contributed by atoms with van der Waals surface area (Å²) in [5.74, 6) is 1.13. The van der Waals surface area contributed by atoms with Gasteiger partial charge in [-0.3, -0.25) is 9.78 Å². The van der Waals surface area contributed by atoms with E-state index < -0.39 is 0 Å². The van der Waals surface area contributed by atoms with Crippen LogP contribution < -0.4 is 9.64 Å². The van der Waals surface area contributed by atoms with Gasteiger partial charge < -0.3 is 14.5 Å². The van der Waals surface area contributed by atoms with E-state index in [1.165, 1.54) is 4.90 Å². The third-order valence-electron chi connectivity index (χ3n) is 4.04. The van der Waals surface area contributed by atoms with Crippen LogP contribution in [0.3, 0.4) is 0 Å². The van der Waals surface area contributed by atoms with E-state index in [0.29, 0.717) is 22.3 Å². The highest BCUT2D eigenvalue weighted by Gasteiger charge is 2.24. The maximum absolute atomic E-state index is 12.0. The Kier molecular flexibility index (Phi) is 5.33. The molecule has 1 fully saturated rings. The number of carbonyl (C=O) groups excluding carboxylic acids is 1. The normalized spacial score (nSPS) is 15.1. The molecule has 25 heavy (non-hydrogen) atoms. The summed E-state index contributed by atoms with van der Waals surface area (Å²) in [6, 6.07) is 1.67. The number of anilines is 1. The first-order valence-corrected chi connectivity index (χ1v) is 8.47. The molecule has 0 aliphatic carbocycles. The molecule has 0 aromatic carbocycles. The van der Waals surface area contributed by atoms with Crippen LogP contribution in [0.5, 0.6) is 5.88 Å². The van der Waals surface area contributed by atoms with E-state index in [9.17, 15) is 4.79 Å². The molecule has 1 amide bonds. The summed E-state index contributed by atoms with van der Waals surface area (Å²) < 4.78 is 5.84. The summed E-state index contributed by atoms with van der Waals surface area (Å²) in [6.07, 6.45) is 8.21. The highest BCUT2D eigenvalue weighted by Crippen LogP contribution is 2.28. The molecule has 0 bridgehead atoms. The van der Waals surface area contributed by atoms with E-state index in [1.54, 1.807) is 44.9 Å². The molecule has 132 valence electrons. The number of amides is 1. The molecule has 0 spiro atoms. The lowest BCUT2D eigenvalue weighted by molar-refractivity contribution is 0.0827. The Bertz CT molecular complexity index is 733. The van der Waals surface area contributed by atoms with Crippen LogP contribution in [-0.2, 0) is 0 Å². The maximum Gasteiger partial charge on any atom is 0.254 e. The number of ether oxygens (including phenoxy) is 1. The van der Waals surface area contributed by atoms with E-state index in [-0.39, 0.29) is 12.0 Å². The summed E-state index contributed by atoms with van der Waals surface area (Å²) in [4.78, 5) is 28.1. The van der Waals surface area contributed by atoms with Crippen LogP contribution >= 0.6 is 11.6 Å². The van der Waals surface area contributed by atoms with Gasteiger partial charge in [0.15, 0.2) is 0 Å². The topological polar surface area (TPSA) is 71.5 Å². The van der Waals surface area contributed by atoms with Crippen molar-refractivity contribution < 1.29 is 9.53 Å². The molecule has 0 radical (unpaired) electrons. The molecule has 2 aromatic heterocycles. The highest BCUT2D eigenvalue weighted by molar-refractivity contribution is 6.33. The van der Waals surface area contributed by atoms with E-state index in [4.69, 9.17) is 16.3 Å². The molecule has 1 saturated heterocycles. The minimum atomic E-state index is -0.114. The number of halogens is 1. The first-order chi connectivity index (χ1) is 12.0. The number of hydrogen-bond acceptors (Lipinski definition) is 6. The van der Waals surface area contributed by atoms with Gasteiger partial charge in [-0.1, -0.05) is 11.6 Å². The van der Waals surface area contributed by atoms with Crippen molar-refractivity contribution in [2.75, 3.05) is 32.1 Å². The van der Waals surface area contributed by atoms with E-state index in [1.807, 2.05) is 0 Å². The van der Waals surface area contributed by atoms with Crippen LogP contribution in [0.15, 0.2) is 30.9 Å². The zero-order valence-corrected chi connectivity index (χ0v) is 15.0. The van der Waals surface area contributed by atoms with Gasteiger partial charge in [0.25, 0.3) is 5.91 Å². The van der Waals surface area contributed by atoms with Crippen molar-refractivity contribution in [3.8, 4) is 5.88 Å². The third-order valence-corrected chi connectivity index (χ3v) is 4.32. The number of pyridine rings is 1. The molecule has 2 aromatic rings. The second kappa shape index (κ2) is 7.65. The monoisotopic (exact) mass is 361 g/mol. The molecule has 1 aliphatic heterocycles.